The van der Waals surface area contributed by atoms with E-state index in [1.165, 1.54) is 12.8 Å². The van der Waals surface area contributed by atoms with Crippen LogP contribution in [0.5, 0.6) is 0 Å². The van der Waals surface area contributed by atoms with Crippen molar-refractivity contribution >= 4 is 5.91 Å². The second-order valence-electron chi connectivity index (χ2n) is 7.00. The first-order chi connectivity index (χ1) is 10.4. The molecule has 1 amide bonds. The molecular formula is C18H29N3O. The Labute approximate surface area is 133 Å². The molecule has 0 aromatic carbocycles. The van der Waals surface area contributed by atoms with Gasteiger partial charge in [-0.15, -0.1) is 0 Å². The molecule has 1 aliphatic rings. The van der Waals surface area contributed by atoms with Crippen LogP contribution >= 0.6 is 0 Å². The summed E-state index contributed by atoms with van der Waals surface area (Å²) >= 11 is 0. The molecule has 0 unspecified atom stereocenters. The van der Waals surface area contributed by atoms with E-state index in [0.717, 1.165) is 30.2 Å². The lowest BCUT2D eigenvalue weighted by Crippen LogP contribution is -2.39. The molecule has 0 bridgehead atoms. The number of hydrogen-bond acceptors (Lipinski definition) is 2. The molecule has 1 aromatic rings. The molecule has 0 saturated carbocycles. The van der Waals surface area contributed by atoms with E-state index in [1.807, 2.05) is 29.9 Å². The van der Waals surface area contributed by atoms with Gasteiger partial charge in [0.2, 0.25) is 5.91 Å². The number of rotatable bonds is 6. The maximum atomic E-state index is 12.0. The summed E-state index contributed by atoms with van der Waals surface area (Å²) in [7, 11) is 1.95. The minimum Gasteiger partial charge on any atom is -0.354 e. The van der Waals surface area contributed by atoms with Gasteiger partial charge in [0, 0.05) is 24.6 Å². The second kappa shape index (κ2) is 7.03. The van der Waals surface area contributed by atoms with E-state index in [2.05, 4.69) is 37.7 Å². The van der Waals surface area contributed by atoms with Crippen LogP contribution < -0.4 is 10.9 Å². The van der Waals surface area contributed by atoms with Gasteiger partial charge in [-0.1, -0.05) is 33.3 Å². The molecule has 0 fully saturated rings. The van der Waals surface area contributed by atoms with Gasteiger partial charge in [0.1, 0.15) is 0 Å². The Morgan fingerprint density at radius 1 is 1.45 bits per heavy atom. The van der Waals surface area contributed by atoms with Gasteiger partial charge in [0.05, 0.1) is 6.42 Å². The van der Waals surface area contributed by atoms with Gasteiger partial charge < -0.3 is 9.99 Å². The van der Waals surface area contributed by atoms with E-state index in [4.69, 9.17) is 0 Å². The van der Waals surface area contributed by atoms with Crippen molar-refractivity contribution in [3.8, 4) is 0 Å². The first kappa shape index (κ1) is 16.7. The van der Waals surface area contributed by atoms with Crippen LogP contribution in [0.4, 0.5) is 0 Å². The zero-order chi connectivity index (χ0) is 16.2. The second-order valence-corrected chi connectivity index (χ2v) is 7.00. The Morgan fingerprint density at radius 3 is 2.77 bits per heavy atom. The van der Waals surface area contributed by atoms with Crippen LogP contribution in [-0.2, 0) is 18.3 Å². The van der Waals surface area contributed by atoms with E-state index in [1.54, 1.807) is 0 Å². The number of aromatic nitrogens is 1. The zero-order valence-corrected chi connectivity index (χ0v) is 14.3. The summed E-state index contributed by atoms with van der Waals surface area (Å²) < 4.78 is 1.97. The van der Waals surface area contributed by atoms with Crippen LogP contribution in [0.15, 0.2) is 30.1 Å². The molecule has 4 nitrogen and oxygen atoms in total. The van der Waals surface area contributed by atoms with Crippen molar-refractivity contribution < 1.29 is 4.79 Å². The number of hydrogen-bond donors (Lipinski definition) is 2. The molecule has 122 valence electrons. The van der Waals surface area contributed by atoms with Crippen molar-refractivity contribution in [3.05, 3.63) is 35.8 Å². The van der Waals surface area contributed by atoms with Gasteiger partial charge in [-0.3, -0.25) is 10.2 Å². The van der Waals surface area contributed by atoms with Crippen LogP contribution in [0.2, 0.25) is 0 Å². The predicted molar refractivity (Wildman–Crippen MR) is 89.9 cm³/mol. The fourth-order valence-electron chi connectivity index (χ4n) is 2.98. The molecule has 1 aromatic heterocycles. The molecule has 1 atom stereocenters. The van der Waals surface area contributed by atoms with E-state index in [-0.39, 0.29) is 5.91 Å². The first-order valence-electron chi connectivity index (χ1n) is 8.26. The van der Waals surface area contributed by atoms with Crippen molar-refractivity contribution in [2.45, 2.75) is 52.9 Å². The summed E-state index contributed by atoms with van der Waals surface area (Å²) in [6, 6.07) is 3.92. The number of aryl methyl sites for hydroxylation is 1. The third-order valence-corrected chi connectivity index (χ3v) is 5.18. The Hall–Kier alpha value is -1.71. The van der Waals surface area contributed by atoms with Gasteiger partial charge in [0.25, 0.3) is 0 Å². The van der Waals surface area contributed by atoms with E-state index < -0.39 is 0 Å². The lowest BCUT2D eigenvalue weighted by atomic mass is 9.71. The van der Waals surface area contributed by atoms with Gasteiger partial charge in [-0.25, -0.2) is 0 Å². The van der Waals surface area contributed by atoms with Crippen molar-refractivity contribution in [1.29, 1.82) is 0 Å². The van der Waals surface area contributed by atoms with Gasteiger partial charge in [-0.2, -0.15) is 0 Å². The molecule has 4 heteroatoms. The quantitative estimate of drug-likeness (QED) is 0.792. The van der Waals surface area contributed by atoms with Gasteiger partial charge in [0.15, 0.2) is 0 Å². The molecule has 0 spiro atoms. The molecule has 1 heterocycles. The summed E-state index contributed by atoms with van der Waals surface area (Å²) in [4.78, 5) is 12.0. The summed E-state index contributed by atoms with van der Waals surface area (Å²) in [5.41, 5.74) is 8.47. The van der Waals surface area contributed by atoms with E-state index in [0.29, 0.717) is 11.8 Å². The normalized spacial score (nSPS) is 18.7. The number of carbonyl (C=O) groups excluding carboxylic acids is 1. The molecule has 0 saturated heterocycles. The zero-order valence-electron chi connectivity index (χ0n) is 14.3. The van der Waals surface area contributed by atoms with Crippen molar-refractivity contribution in [1.82, 2.24) is 15.4 Å². The average Bonchev–Trinajstić information content (AvgIpc) is 2.91. The Morgan fingerprint density at radius 2 is 2.23 bits per heavy atom. The highest BCUT2D eigenvalue weighted by molar-refractivity contribution is 5.77. The number of nitrogens with one attached hydrogen (secondary N) is 2. The third-order valence-electron chi connectivity index (χ3n) is 5.18. The fourth-order valence-corrected chi connectivity index (χ4v) is 2.98. The van der Waals surface area contributed by atoms with Crippen molar-refractivity contribution in [3.63, 3.8) is 0 Å². The summed E-state index contributed by atoms with van der Waals surface area (Å²) in [5, 5.41) is 0. The number of amides is 1. The highest BCUT2D eigenvalue weighted by Crippen LogP contribution is 2.39. The smallest absolute Gasteiger partial charge is 0.244 e. The highest BCUT2D eigenvalue weighted by atomic mass is 16.2. The van der Waals surface area contributed by atoms with Crippen molar-refractivity contribution in [2.75, 3.05) is 0 Å². The Bertz CT molecular complexity index is 542. The fraction of sp³-hybridized carbons (Fsp3) is 0.611. The minimum absolute atomic E-state index is 0.00119. The van der Waals surface area contributed by atoms with Crippen LogP contribution in [0.1, 0.15) is 52.1 Å². The number of carbonyl (C=O) groups is 1. The monoisotopic (exact) mass is 303 g/mol. The molecule has 0 aliphatic heterocycles. The molecule has 2 N–H and O–H groups in total. The van der Waals surface area contributed by atoms with Crippen molar-refractivity contribution in [2.24, 2.45) is 18.4 Å². The SMILES string of the molecule is CCC(C)(C)[C@@H]1CC=C(NNC(=O)Cc2cccn2C)CC1. The topological polar surface area (TPSA) is 46.1 Å². The summed E-state index contributed by atoms with van der Waals surface area (Å²) in [6.45, 7) is 6.97. The largest absolute Gasteiger partial charge is 0.354 e. The number of nitrogens with zero attached hydrogens (tertiary/aromatic N) is 1. The lowest BCUT2D eigenvalue weighted by molar-refractivity contribution is -0.121. The highest BCUT2D eigenvalue weighted by Gasteiger charge is 2.28. The molecule has 0 radical (unpaired) electrons. The van der Waals surface area contributed by atoms with Crippen LogP contribution in [-0.4, -0.2) is 10.5 Å². The third kappa shape index (κ3) is 4.15. The standard InChI is InChI=1S/C18H29N3O/c1-5-18(2,3)14-8-10-15(11-9-14)19-20-17(22)13-16-7-6-12-21(16)4/h6-7,10,12,14,19H,5,8-9,11,13H2,1-4H3,(H,20,22)/t14-/m1/s1. The van der Waals surface area contributed by atoms with E-state index in [9.17, 15) is 4.79 Å². The molecular weight excluding hydrogens is 274 g/mol. The Kier molecular flexibility index (Phi) is 5.33. The predicted octanol–water partition coefficient (Wildman–Crippen LogP) is 3.31. The van der Waals surface area contributed by atoms with Crippen LogP contribution in [0, 0.1) is 11.3 Å². The summed E-state index contributed by atoms with van der Waals surface area (Å²) in [5.74, 6) is 0.737. The maximum Gasteiger partial charge on any atom is 0.244 e. The maximum absolute atomic E-state index is 12.0. The van der Waals surface area contributed by atoms with Gasteiger partial charge in [-0.05, 0) is 42.7 Å². The van der Waals surface area contributed by atoms with E-state index >= 15 is 0 Å². The average molecular weight is 303 g/mol. The molecule has 22 heavy (non-hydrogen) atoms. The van der Waals surface area contributed by atoms with Crippen LogP contribution in [0.3, 0.4) is 0 Å². The Balaban J connectivity index is 1.78. The number of hydrazine groups is 1. The first-order valence-corrected chi connectivity index (χ1v) is 8.26. The summed E-state index contributed by atoms with van der Waals surface area (Å²) in [6.07, 6.45) is 9.10. The molecule has 2 rings (SSSR count). The lowest BCUT2D eigenvalue weighted by Gasteiger charge is -2.35. The minimum atomic E-state index is -0.00119. The van der Waals surface area contributed by atoms with Crippen LogP contribution in [0.25, 0.3) is 0 Å². The molecule has 1 aliphatic carbocycles. The van der Waals surface area contributed by atoms with Gasteiger partial charge >= 0.3 is 0 Å². The number of allylic oxidation sites excluding steroid dienone is 2.